The van der Waals surface area contributed by atoms with Crippen molar-refractivity contribution in [1.82, 2.24) is 5.32 Å². The molecule has 0 spiro atoms. The van der Waals surface area contributed by atoms with E-state index in [1.807, 2.05) is 13.8 Å². The second kappa shape index (κ2) is 5.42. The summed E-state index contributed by atoms with van der Waals surface area (Å²) in [4.78, 5) is 10.6. The van der Waals surface area contributed by atoms with E-state index in [2.05, 4.69) is 5.32 Å². The first kappa shape index (κ1) is 9.63. The Hall–Kier alpha value is -0.370. The summed E-state index contributed by atoms with van der Waals surface area (Å²) in [7, 11) is 0. The van der Waals surface area contributed by atoms with Crippen molar-refractivity contribution in [3.05, 3.63) is 0 Å². The van der Waals surface area contributed by atoms with Crippen molar-refractivity contribution >= 4 is 5.78 Å². The summed E-state index contributed by atoms with van der Waals surface area (Å²) < 4.78 is 0. The molecule has 1 N–H and O–H groups in total. The molecule has 0 aliphatic carbocycles. The van der Waals surface area contributed by atoms with E-state index in [-0.39, 0.29) is 11.8 Å². The zero-order valence-corrected chi connectivity index (χ0v) is 7.11. The quantitative estimate of drug-likeness (QED) is 0.600. The molecule has 0 unspecified atom stereocenters. The molecule has 1 atom stereocenters. The van der Waals surface area contributed by atoms with Gasteiger partial charge >= 0.3 is 0 Å². The first-order chi connectivity index (χ1) is 4.80. The largest absolute Gasteiger partial charge is 0.307 e. The van der Waals surface area contributed by atoms with Crippen molar-refractivity contribution in [1.29, 1.82) is 0 Å². The van der Waals surface area contributed by atoms with E-state index in [4.69, 9.17) is 0 Å². The van der Waals surface area contributed by atoms with Crippen molar-refractivity contribution in [2.75, 3.05) is 6.54 Å². The zero-order valence-electron chi connectivity index (χ0n) is 7.11. The summed E-state index contributed by atoms with van der Waals surface area (Å²) in [6, 6.07) is 0.176. The van der Waals surface area contributed by atoms with Crippen molar-refractivity contribution in [3.63, 3.8) is 0 Å². The zero-order chi connectivity index (χ0) is 7.98. The summed E-state index contributed by atoms with van der Waals surface area (Å²) in [6.45, 7) is 6.66. The third-order valence-corrected chi connectivity index (χ3v) is 1.55. The van der Waals surface area contributed by atoms with E-state index < -0.39 is 0 Å². The molecule has 1 aliphatic rings. The van der Waals surface area contributed by atoms with Gasteiger partial charge < -0.3 is 5.32 Å². The average molecular weight is 143 g/mol. The van der Waals surface area contributed by atoms with Gasteiger partial charge in [0.2, 0.25) is 0 Å². The minimum atomic E-state index is 0.176. The molecule has 0 radical (unpaired) electrons. The van der Waals surface area contributed by atoms with Crippen LogP contribution in [0.4, 0.5) is 0 Å². The number of carbonyl (C=O) groups excluding carboxylic acids is 1. The maximum atomic E-state index is 10.6. The van der Waals surface area contributed by atoms with Crippen LogP contribution in [0.5, 0.6) is 0 Å². The lowest BCUT2D eigenvalue weighted by atomic mass is 10.2. The highest BCUT2D eigenvalue weighted by Gasteiger charge is 2.17. The third-order valence-electron chi connectivity index (χ3n) is 1.55. The molecule has 0 aromatic rings. The number of rotatable bonds is 1. The van der Waals surface area contributed by atoms with Crippen molar-refractivity contribution in [2.24, 2.45) is 0 Å². The van der Waals surface area contributed by atoms with E-state index in [1.165, 1.54) is 0 Å². The Labute approximate surface area is 63.0 Å². The molecule has 1 aliphatic heterocycles. The molecule has 1 saturated heterocycles. The summed E-state index contributed by atoms with van der Waals surface area (Å²) in [6.07, 6.45) is 2.19. The highest BCUT2D eigenvalue weighted by molar-refractivity contribution is 5.81. The van der Waals surface area contributed by atoms with Gasteiger partial charge in [-0.15, -0.1) is 0 Å². The van der Waals surface area contributed by atoms with Crippen molar-refractivity contribution in [2.45, 2.75) is 39.7 Å². The van der Waals surface area contributed by atoms with Crippen LogP contribution >= 0.6 is 0 Å². The van der Waals surface area contributed by atoms with Gasteiger partial charge in [0.1, 0.15) is 5.78 Å². The topological polar surface area (TPSA) is 29.1 Å². The molecule has 2 heteroatoms. The Bertz CT molecular complexity index is 95.4. The second-order valence-electron chi connectivity index (χ2n) is 2.26. The van der Waals surface area contributed by atoms with Gasteiger partial charge in [-0.1, -0.05) is 13.8 Å². The van der Waals surface area contributed by atoms with Crippen LogP contribution < -0.4 is 5.32 Å². The minimum Gasteiger partial charge on any atom is -0.307 e. The minimum absolute atomic E-state index is 0.176. The molecule has 0 bridgehead atoms. The van der Waals surface area contributed by atoms with Crippen LogP contribution in [0.25, 0.3) is 0 Å². The number of ketones is 1. The monoisotopic (exact) mass is 143 g/mol. The van der Waals surface area contributed by atoms with Crippen LogP contribution in [0.3, 0.4) is 0 Å². The van der Waals surface area contributed by atoms with Crippen molar-refractivity contribution in [3.8, 4) is 0 Å². The predicted octanol–water partition coefficient (Wildman–Crippen LogP) is 1.35. The highest BCUT2D eigenvalue weighted by Crippen LogP contribution is 2.04. The van der Waals surface area contributed by atoms with Crippen LogP contribution in [-0.4, -0.2) is 18.4 Å². The van der Waals surface area contributed by atoms with Crippen molar-refractivity contribution < 1.29 is 4.79 Å². The van der Waals surface area contributed by atoms with E-state index in [0.29, 0.717) is 0 Å². The second-order valence-corrected chi connectivity index (χ2v) is 2.26. The molecular weight excluding hydrogens is 126 g/mol. The molecule has 1 fully saturated rings. The number of carbonyl (C=O) groups is 1. The number of hydrogen-bond acceptors (Lipinski definition) is 2. The van der Waals surface area contributed by atoms with Gasteiger partial charge in [-0.05, 0) is 26.3 Å². The normalized spacial score (nSPS) is 23.3. The first-order valence-corrected chi connectivity index (χ1v) is 4.04. The van der Waals surface area contributed by atoms with Gasteiger partial charge in [0.15, 0.2) is 0 Å². The summed E-state index contributed by atoms with van der Waals surface area (Å²) in [5, 5.41) is 3.11. The molecule has 0 amide bonds. The van der Waals surface area contributed by atoms with Crippen LogP contribution in [0.15, 0.2) is 0 Å². The summed E-state index contributed by atoms with van der Waals surface area (Å²) in [5.74, 6) is 0.280. The summed E-state index contributed by atoms with van der Waals surface area (Å²) in [5.41, 5.74) is 0. The Morgan fingerprint density at radius 2 is 2.10 bits per heavy atom. The SMILES string of the molecule is CC.CC(=O)[C@H]1CCCN1. The van der Waals surface area contributed by atoms with Gasteiger partial charge in [0, 0.05) is 0 Å². The molecule has 0 saturated carbocycles. The fourth-order valence-corrected chi connectivity index (χ4v) is 1.03. The molecule has 2 nitrogen and oxygen atoms in total. The first-order valence-electron chi connectivity index (χ1n) is 4.04. The molecule has 10 heavy (non-hydrogen) atoms. The van der Waals surface area contributed by atoms with Gasteiger partial charge in [0.25, 0.3) is 0 Å². The van der Waals surface area contributed by atoms with E-state index in [0.717, 1.165) is 19.4 Å². The molecule has 60 valence electrons. The van der Waals surface area contributed by atoms with Crippen LogP contribution in [0.1, 0.15) is 33.6 Å². The Morgan fingerprint density at radius 3 is 2.30 bits per heavy atom. The number of Topliss-reactive ketones (excluding diaryl/α,β-unsaturated/α-hetero) is 1. The Kier molecular flexibility index (Phi) is 5.22. The highest BCUT2D eigenvalue weighted by atomic mass is 16.1. The standard InChI is InChI=1S/C6H11NO.C2H6/c1-5(8)6-3-2-4-7-6;1-2/h6-7H,2-4H2,1H3;1-2H3/t6-;/m1./s1. The molecule has 1 heterocycles. The maximum Gasteiger partial charge on any atom is 0.146 e. The molecular formula is C8H17NO. The van der Waals surface area contributed by atoms with Crippen LogP contribution in [0, 0.1) is 0 Å². The fraction of sp³-hybridized carbons (Fsp3) is 0.875. The van der Waals surface area contributed by atoms with Gasteiger partial charge in [-0.2, -0.15) is 0 Å². The summed E-state index contributed by atoms with van der Waals surface area (Å²) >= 11 is 0. The number of nitrogens with one attached hydrogen (secondary N) is 1. The van der Waals surface area contributed by atoms with E-state index in [1.54, 1.807) is 6.92 Å². The van der Waals surface area contributed by atoms with Crippen LogP contribution in [0.2, 0.25) is 0 Å². The molecule has 0 aromatic carbocycles. The number of hydrogen-bond donors (Lipinski definition) is 1. The smallest absolute Gasteiger partial charge is 0.146 e. The van der Waals surface area contributed by atoms with Gasteiger partial charge in [0.05, 0.1) is 6.04 Å². The Morgan fingerprint density at radius 1 is 1.50 bits per heavy atom. The lowest BCUT2D eigenvalue weighted by Gasteiger charge is -2.01. The average Bonchev–Trinajstić information content (AvgIpc) is 2.42. The van der Waals surface area contributed by atoms with E-state index in [9.17, 15) is 4.79 Å². The lowest BCUT2D eigenvalue weighted by Crippen LogP contribution is -2.28. The third kappa shape index (κ3) is 2.97. The van der Waals surface area contributed by atoms with Gasteiger partial charge in [-0.25, -0.2) is 0 Å². The predicted molar refractivity (Wildman–Crippen MR) is 43.1 cm³/mol. The fourth-order valence-electron chi connectivity index (χ4n) is 1.03. The van der Waals surface area contributed by atoms with Gasteiger partial charge in [-0.3, -0.25) is 4.79 Å². The van der Waals surface area contributed by atoms with Crippen LogP contribution in [-0.2, 0) is 4.79 Å². The molecule has 0 aromatic heterocycles. The Balaban J connectivity index is 0.000000371. The lowest BCUT2D eigenvalue weighted by molar-refractivity contribution is -0.118. The molecule has 1 rings (SSSR count). The maximum absolute atomic E-state index is 10.6. The van der Waals surface area contributed by atoms with E-state index >= 15 is 0 Å².